The Kier molecular flexibility index (Phi) is 4.99. The van der Waals surface area contributed by atoms with E-state index in [1.54, 1.807) is 25.1 Å². The zero-order valence-corrected chi connectivity index (χ0v) is 13.8. The molecule has 0 radical (unpaired) electrons. The Labute approximate surface area is 134 Å². The zero-order chi connectivity index (χ0) is 17.0. The maximum atomic E-state index is 13.6. The maximum Gasteiger partial charge on any atom is 0.318 e. The maximum absolute atomic E-state index is 13.6. The second-order valence-corrected chi connectivity index (χ2v) is 6.66. The van der Waals surface area contributed by atoms with Gasteiger partial charge in [-0.2, -0.15) is 4.98 Å². The molecule has 0 unspecified atom stereocenters. The summed E-state index contributed by atoms with van der Waals surface area (Å²) in [5.74, 6) is -0.718. The van der Waals surface area contributed by atoms with Gasteiger partial charge < -0.3 is 9.64 Å². The minimum atomic E-state index is -3.82. The molecule has 1 N–H and O–H groups in total. The quantitative estimate of drug-likeness (QED) is 0.860. The van der Waals surface area contributed by atoms with Gasteiger partial charge in [0.15, 0.2) is 5.82 Å². The number of nitrogens with zero attached hydrogens (tertiary/aromatic N) is 3. The molecule has 0 aliphatic rings. The molecule has 9 heteroatoms. The van der Waals surface area contributed by atoms with E-state index < -0.39 is 21.6 Å². The molecule has 23 heavy (non-hydrogen) atoms. The third kappa shape index (κ3) is 4.28. The van der Waals surface area contributed by atoms with Crippen LogP contribution in [0.5, 0.6) is 6.01 Å². The number of ether oxygens (including phenoxy) is 1. The lowest BCUT2D eigenvalue weighted by Gasteiger charge is -2.17. The second kappa shape index (κ2) is 6.78. The van der Waals surface area contributed by atoms with E-state index in [0.717, 1.165) is 0 Å². The van der Waals surface area contributed by atoms with Crippen LogP contribution in [0.3, 0.4) is 0 Å². The van der Waals surface area contributed by atoms with E-state index in [2.05, 4.69) is 14.7 Å². The fourth-order valence-electron chi connectivity index (χ4n) is 1.89. The van der Waals surface area contributed by atoms with Crippen LogP contribution >= 0.6 is 0 Å². The number of anilines is 2. The molecule has 0 atom stereocenters. The highest BCUT2D eigenvalue weighted by Gasteiger charge is 2.18. The van der Waals surface area contributed by atoms with Gasteiger partial charge >= 0.3 is 6.01 Å². The predicted molar refractivity (Wildman–Crippen MR) is 85.6 cm³/mol. The van der Waals surface area contributed by atoms with Crippen molar-refractivity contribution in [3.8, 4) is 6.01 Å². The Morgan fingerprint density at radius 3 is 2.61 bits per heavy atom. The Morgan fingerprint density at radius 2 is 2.00 bits per heavy atom. The van der Waals surface area contributed by atoms with E-state index >= 15 is 0 Å². The Hall–Kier alpha value is -2.42. The van der Waals surface area contributed by atoms with Gasteiger partial charge in [-0.05, 0) is 6.07 Å². The van der Waals surface area contributed by atoms with Crippen LogP contribution in [-0.4, -0.2) is 39.6 Å². The van der Waals surface area contributed by atoms with Crippen LogP contribution in [0, 0.1) is 5.82 Å². The van der Waals surface area contributed by atoms with Crippen molar-refractivity contribution in [3.63, 3.8) is 0 Å². The number of hydrogen-bond acceptors (Lipinski definition) is 6. The Bertz CT molecular complexity index is 796. The van der Waals surface area contributed by atoms with Crippen LogP contribution in [-0.2, 0) is 15.8 Å². The number of hydrogen-bond donors (Lipinski definition) is 1. The lowest BCUT2D eigenvalue weighted by Crippen LogP contribution is -2.20. The third-order valence-corrected chi connectivity index (χ3v) is 4.14. The number of rotatable bonds is 6. The van der Waals surface area contributed by atoms with Crippen molar-refractivity contribution in [2.24, 2.45) is 0 Å². The van der Waals surface area contributed by atoms with Crippen LogP contribution in [0.15, 0.2) is 30.5 Å². The lowest BCUT2D eigenvalue weighted by molar-refractivity contribution is 0.380. The first-order valence-corrected chi connectivity index (χ1v) is 8.30. The van der Waals surface area contributed by atoms with E-state index in [0.29, 0.717) is 5.82 Å². The molecule has 0 saturated carbocycles. The van der Waals surface area contributed by atoms with E-state index in [4.69, 9.17) is 4.74 Å². The summed E-state index contributed by atoms with van der Waals surface area (Å²) in [6, 6.07) is 5.83. The fourth-order valence-corrected chi connectivity index (χ4v) is 3.09. The van der Waals surface area contributed by atoms with Gasteiger partial charge in [-0.15, -0.1) is 0 Å². The summed E-state index contributed by atoms with van der Waals surface area (Å²) in [7, 11) is 1.000. The first-order chi connectivity index (χ1) is 10.8. The van der Waals surface area contributed by atoms with Crippen LogP contribution < -0.4 is 14.4 Å². The SMILES string of the molecule is COc1ncc(NS(=O)(=O)Cc2ccccc2F)c(N(C)C)n1. The van der Waals surface area contributed by atoms with E-state index in [-0.39, 0.29) is 17.3 Å². The van der Waals surface area contributed by atoms with Crippen LogP contribution in [0.4, 0.5) is 15.9 Å². The zero-order valence-electron chi connectivity index (χ0n) is 12.9. The van der Waals surface area contributed by atoms with E-state index in [1.165, 1.54) is 31.5 Å². The van der Waals surface area contributed by atoms with Gasteiger partial charge in [-0.3, -0.25) is 4.72 Å². The van der Waals surface area contributed by atoms with Gasteiger partial charge in [-0.1, -0.05) is 18.2 Å². The minimum Gasteiger partial charge on any atom is -0.467 e. The molecule has 0 spiro atoms. The van der Waals surface area contributed by atoms with Crippen LogP contribution in [0.1, 0.15) is 5.56 Å². The Morgan fingerprint density at radius 1 is 1.30 bits per heavy atom. The molecule has 2 rings (SSSR count). The Balaban J connectivity index is 2.29. The van der Waals surface area contributed by atoms with Crippen molar-refractivity contribution in [1.82, 2.24) is 9.97 Å². The predicted octanol–water partition coefficient (Wildman–Crippen LogP) is 1.63. The van der Waals surface area contributed by atoms with Crippen molar-refractivity contribution >= 4 is 21.5 Å². The largest absolute Gasteiger partial charge is 0.467 e. The molecule has 1 heterocycles. The molecule has 0 amide bonds. The van der Waals surface area contributed by atoms with Gasteiger partial charge in [0.25, 0.3) is 0 Å². The molecule has 0 bridgehead atoms. The third-order valence-electron chi connectivity index (χ3n) is 2.92. The topological polar surface area (TPSA) is 84.4 Å². The summed E-state index contributed by atoms with van der Waals surface area (Å²) in [5, 5.41) is 0. The molecule has 1 aromatic heterocycles. The van der Waals surface area contributed by atoms with E-state index in [1.807, 2.05) is 0 Å². The van der Waals surface area contributed by atoms with Crippen LogP contribution in [0.25, 0.3) is 0 Å². The highest BCUT2D eigenvalue weighted by atomic mass is 32.2. The number of nitrogens with one attached hydrogen (secondary N) is 1. The summed E-state index contributed by atoms with van der Waals surface area (Å²) < 4.78 is 45.5. The molecule has 0 fully saturated rings. The van der Waals surface area contributed by atoms with Crippen molar-refractivity contribution in [2.75, 3.05) is 30.8 Å². The van der Waals surface area contributed by atoms with Gasteiger partial charge in [0, 0.05) is 19.7 Å². The van der Waals surface area contributed by atoms with E-state index in [9.17, 15) is 12.8 Å². The van der Waals surface area contributed by atoms with Gasteiger partial charge in [0.05, 0.1) is 19.1 Å². The highest BCUT2D eigenvalue weighted by molar-refractivity contribution is 7.91. The monoisotopic (exact) mass is 340 g/mol. The summed E-state index contributed by atoms with van der Waals surface area (Å²) >= 11 is 0. The molecule has 0 aliphatic carbocycles. The number of methoxy groups -OCH3 is 1. The standard InChI is InChI=1S/C14H17FN4O3S/c1-19(2)13-12(8-16-14(17-13)22-3)18-23(20,21)9-10-6-4-5-7-11(10)15/h4-8,18H,9H2,1-3H3. The normalized spacial score (nSPS) is 11.1. The van der Waals surface area contributed by atoms with Crippen molar-refractivity contribution < 1.29 is 17.5 Å². The average Bonchev–Trinajstić information content (AvgIpc) is 2.49. The summed E-state index contributed by atoms with van der Waals surface area (Å²) in [6.45, 7) is 0. The average molecular weight is 340 g/mol. The second-order valence-electron chi connectivity index (χ2n) is 4.94. The molecule has 124 valence electrons. The summed E-state index contributed by atoms with van der Waals surface area (Å²) in [4.78, 5) is 9.60. The highest BCUT2D eigenvalue weighted by Crippen LogP contribution is 2.24. The molecule has 1 aromatic carbocycles. The number of benzene rings is 1. The number of sulfonamides is 1. The van der Waals surface area contributed by atoms with Gasteiger partial charge in [-0.25, -0.2) is 17.8 Å². The van der Waals surface area contributed by atoms with Gasteiger partial charge in [0.2, 0.25) is 10.0 Å². The molecule has 7 nitrogen and oxygen atoms in total. The smallest absolute Gasteiger partial charge is 0.318 e. The van der Waals surface area contributed by atoms with Crippen molar-refractivity contribution in [1.29, 1.82) is 0 Å². The fraction of sp³-hybridized carbons (Fsp3) is 0.286. The van der Waals surface area contributed by atoms with Crippen LogP contribution in [0.2, 0.25) is 0 Å². The lowest BCUT2D eigenvalue weighted by atomic mass is 10.2. The molecule has 0 aliphatic heterocycles. The van der Waals surface area contributed by atoms with Gasteiger partial charge in [0.1, 0.15) is 11.5 Å². The molecular formula is C14H17FN4O3S. The summed E-state index contributed by atoms with van der Waals surface area (Å²) in [6.07, 6.45) is 1.31. The van der Waals surface area contributed by atoms with Crippen molar-refractivity contribution in [2.45, 2.75) is 5.75 Å². The summed E-state index contributed by atoms with van der Waals surface area (Å²) in [5.41, 5.74) is 0.271. The first-order valence-electron chi connectivity index (χ1n) is 6.64. The number of aromatic nitrogens is 2. The minimum absolute atomic E-state index is 0.0841. The molecule has 2 aromatic rings. The first kappa shape index (κ1) is 16.9. The molecular weight excluding hydrogens is 323 g/mol. The van der Waals surface area contributed by atoms with Crippen molar-refractivity contribution in [3.05, 3.63) is 41.8 Å². The molecule has 0 saturated heterocycles. The number of halogens is 1.